The first-order valence-electron chi connectivity index (χ1n) is 12.9. The molecule has 3 unspecified atom stereocenters. The average Bonchev–Trinajstić information content (AvgIpc) is 2.85. The molecule has 0 spiro atoms. The van der Waals surface area contributed by atoms with Crippen LogP contribution in [-0.2, 0) is 13.1 Å². The van der Waals surface area contributed by atoms with Crippen LogP contribution >= 0.6 is 0 Å². The zero-order chi connectivity index (χ0) is 26.4. The zero-order valence-electron chi connectivity index (χ0n) is 21.2. The van der Waals surface area contributed by atoms with Crippen molar-refractivity contribution in [3.8, 4) is 5.75 Å². The van der Waals surface area contributed by atoms with Crippen molar-refractivity contribution >= 4 is 11.7 Å². The first-order valence-corrected chi connectivity index (χ1v) is 12.9. The van der Waals surface area contributed by atoms with E-state index in [9.17, 15) is 23.5 Å². The topological polar surface area (TPSA) is 104 Å². The lowest BCUT2D eigenvalue weighted by Gasteiger charge is -2.55. The average molecular weight is 514 g/mol. The molecule has 1 amide bonds. The molecule has 1 saturated carbocycles. The smallest absolute Gasteiger partial charge is 0.276 e. The van der Waals surface area contributed by atoms with Gasteiger partial charge in [0, 0.05) is 37.0 Å². The molecule has 2 aliphatic heterocycles. The molecular formula is C27H33F2N5O3. The van der Waals surface area contributed by atoms with Gasteiger partial charge in [-0.15, -0.1) is 0 Å². The molecule has 1 aromatic heterocycles. The number of hydrogen-bond acceptors (Lipinski definition) is 5. The van der Waals surface area contributed by atoms with Crippen LogP contribution in [0.1, 0.15) is 61.1 Å². The Morgan fingerprint density at radius 2 is 1.95 bits per heavy atom. The molecule has 2 fully saturated rings. The summed E-state index contributed by atoms with van der Waals surface area (Å²) in [4.78, 5) is 35.3. The van der Waals surface area contributed by atoms with Crippen LogP contribution in [0.3, 0.4) is 0 Å². The molecule has 0 radical (unpaired) electrons. The number of carbonyl (C=O) groups is 1. The van der Waals surface area contributed by atoms with Crippen LogP contribution in [0.15, 0.2) is 34.2 Å². The van der Waals surface area contributed by atoms with E-state index in [0.717, 1.165) is 50.9 Å². The second kappa shape index (κ2) is 9.89. The maximum absolute atomic E-state index is 14.0. The third-order valence-corrected chi connectivity index (χ3v) is 7.80. The van der Waals surface area contributed by atoms with Gasteiger partial charge in [0.05, 0.1) is 18.7 Å². The van der Waals surface area contributed by atoms with E-state index >= 15 is 0 Å². The Hall–Kier alpha value is -3.27. The highest BCUT2D eigenvalue weighted by molar-refractivity contribution is 6.00. The quantitative estimate of drug-likeness (QED) is 0.473. The Morgan fingerprint density at radius 1 is 1.19 bits per heavy atom. The summed E-state index contributed by atoms with van der Waals surface area (Å²) in [5.41, 5.74) is 5.32. The summed E-state index contributed by atoms with van der Waals surface area (Å²) in [5, 5.41) is 10.9. The van der Waals surface area contributed by atoms with Crippen molar-refractivity contribution in [3.63, 3.8) is 0 Å². The highest BCUT2D eigenvalue weighted by atomic mass is 19.1. The van der Waals surface area contributed by atoms with E-state index in [2.05, 4.69) is 23.7 Å². The number of benzene rings is 1. The Balaban J connectivity index is 1.51. The van der Waals surface area contributed by atoms with E-state index in [4.69, 9.17) is 5.73 Å². The van der Waals surface area contributed by atoms with Crippen LogP contribution in [0, 0.1) is 23.5 Å². The summed E-state index contributed by atoms with van der Waals surface area (Å²) in [6, 6.07) is 3.22. The minimum Gasteiger partial charge on any atom is -0.503 e. The normalized spacial score (nSPS) is 24.1. The van der Waals surface area contributed by atoms with Gasteiger partial charge in [-0.1, -0.05) is 32.8 Å². The SMILES string of the molecule is CC(C)CN1CC2CCCCC2N2C(=O)c3c(O)c(=O)c(C(N)=NCc4ccc(F)cc4F)cn3CC12. The Kier molecular flexibility index (Phi) is 6.78. The Labute approximate surface area is 214 Å². The third kappa shape index (κ3) is 4.63. The molecule has 3 N–H and O–H groups in total. The number of rotatable bonds is 5. The highest BCUT2D eigenvalue weighted by Gasteiger charge is 2.48. The molecule has 198 valence electrons. The summed E-state index contributed by atoms with van der Waals surface area (Å²) in [5.74, 6) is -1.87. The Morgan fingerprint density at radius 3 is 2.68 bits per heavy atom. The lowest BCUT2D eigenvalue weighted by molar-refractivity contribution is -0.0771. The van der Waals surface area contributed by atoms with Crippen molar-refractivity contribution in [2.45, 2.75) is 64.8 Å². The van der Waals surface area contributed by atoms with Crippen LogP contribution in [0.25, 0.3) is 0 Å². The van der Waals surface area contributed by atoms with E-state index < -0.39 is 22.8 Å². The van der Waals surface area contributed by atoms with E-state index in [1.165, 1.54) is 12.3 Å². The molecule has 37 heavy (non-hydrogen) atoms. The van der Waals surface area contributed by atoms with Crippen molar-refractivity contribution in [1.29, 1.82) is 0 Å². The predicted octanol–water partition coefficient (Wildman–Crippen LogP) is 3.05. The first-order chi connectivity index (χ1) is 17.7. The number of halogens is 2. The lowest BCUT2D eigenvalue weighted by atomic mass is 9.80. The number of carbonyl (C=O) groups excluding carboxylic acids is 1. The number of nitrogens with two attached hydrogens (primary N) is 1. The number of nitrogens with zero attached hydrogens (tertiary/aromatic N) is 4. The molecule has 1 saturated heterocycles. The lowest BCUT2D eigenvalue weighted by Crippen LogP contribution is -2.68. The van der Waals surface area contributed by atoms with Crippen LogP contribution in [-0.4, -0.2) is 56.5 Å². The summed E-state index contributed by atoms with van der Waals surface area (Å²) >= 11 is 0. The van der Waals surface area contributed by atoms with Crippen molar-refractivity contribution < 1.29 is 18.7 Å². The van der Waals surface area contributed by atoms with Crippen LogP contribution in [0.2, 0.25) is 0 Å². The molecule has 3 atom stereocenters. The summed E-state index contributed by atoms with van der Waals surface area (Å²) < 4.78 is 28.8. The number of hydrogen-bond donors (Lipinski definition) is 2. The number of aliphatic imine (C=N–C) groups is 1. The number of aromatic nitrogens is 1. The largest absolute Gasteiger partial charge is 0.503 e. The third-order valence-electron chi connectivity index (χ3n) is 7.80. The molecule has 3 heterocycles. The highest BCUT2D eigenvalue weighted by Crippen LogP contribution is 2.39. The molecule has 8 nitrogen and oxygen atoms in total. The van der Waals surface area contributed by atoms with Crippen molar-refractivity contribution in [1.82, 2.24) is 14.4 Å². The van der Waals surface area contributed by atoms with Crippen molar-refractivity contribution in [2.75, 3.05) is 13.1 Å². The molecular weight excluding hydrogens is 480 g/mol. The second-order valence-electron chi connectivity index (χ2n) is 10.8. The maximum Gasteiger partial charge on any atom is 0.276 e. The minimum atomic E-state index is -0.796. The van der Waals surface area contributed by atoms with E-state index in [0.29, 0.717) is 18.4 Å². The fourth-order valence-corrected chi connectivity index (χ4v) is 6.15. The number of amides is 1. The summed E-state index contributed by atoms with van der Waals surface area (Å²) in [6.45, 7) is 6.23. The molecule has 1 aromatic carbocycles. The van der Waals surface area contributed by atoms with Gasteiger partial charge in [0.25, 0.3) is 5.91 Å². The van der Waals surface area contributed by atoms with Crippen LogP contribution in [0.4, 0.5) is 8.78 Å². The van der Waals surface area contributed by atoms with Crippen LogP contribution < -0.4 is 11.2 Å². The summed E-state index contributed by atoms with van der Waals surface area (Å²) in [6.07, 6.45) is 5.46. The van der Waals surface area contributed by atoms with E-state index in [1.807, 2.05) is 4.90 Å². The van der Waals surface area contributed by atoms with Gasteiger partial charge >= 0.3 is 0 Å². The molecule has 3 aliphatic rings. The minimum absolute atomic E-state index is 0.0295. The van der Waals surface area contributed by atoms with Gasteiger partial charge in [-0.25, -0.2) is 8.78 Å². The van der Waals surface area contributed by atoms with Gasteiger partial charge < -0.3 is 20.3 Å². The summed E-state index contributed by atoms with van der Waals surface area (Å²) in [7, 11) is 0. The molecule has 5 rings (SSSR count). The van der Waals surface area contributed by atoms with Crippen LogP contribution in [0.5, 0.6) is 5.75 Å². The number of fused-ring (bicyclic) bond motifs is 4. The van der Waals surface area contributed by atoms with Gasteiger partial charge in [0.1, 0.15) is 23.6 Å². The number of pyridine rings is 1. The fraction of sp³-hybridized carbons (Fsp3) is 0.519. The first kappa shape index (κ1) is 25.4. The van der Waals surface area contributed by atoms with E-state index in [1.54, 1.807) is 4.57 Å². The van der Waals surface area contributed by atoms with Gasteiger partial charge in [-0.05, 0) is 30.7 Å². The van der Waals surface area contributed by atoms with Gasteiger partial charge in [-0.3, -0.25) is 19.5 Å². The van der Waals surface area contributed by atoms with Crippen molar-refractivity contribution in [2.24, 2.45) is 22.6 Å². The number of aromatic hydroxyl groups is 1. The molecule has 2 aromatic rings. The molecule has 0 bridgehead atoms. The number of amidine groups is 1. The second-order valence-corrected chi connectivity index (χ2v) is 10.8. The predicted molar refractivity (Wildman–Crippen MR) is 135 cm³/mol. The molecule has 10 heteroatoms. The fourth-order valence-electron chi connectivity index (χ4n) is 6.15. The van der Waals surface area contributed by atoms with Gasteiger partial charge in [0.2, 0.25) is 5.43 Å². The zero-order valence-corrected chi connectivity index (χ0v) is 21.2. The Bertz CT molecular complexity index is 1310. The molecule has 1 aliphatic carbocycles. The van der Waals surface area contributed by atoms with Gasteiger partial charge in [0.15, 0.2) is 11.4 Å². The standard InChI is InChI=1S/C27H33F2N5O3/c1-15(2)11-32-12-17-5-3-4-6-21(17)34-22(32)14-33-13-19(24(35)25(36)23(33)27(34)37)26(30)31-10-16-7-8-18(28)9-20(16)29/h7-9,13,15,17,21-22,36H,3-6,10-12,14H2,1-2H3,(H2,30,31). The van der Waals surface area contributed by atoms with Gasteiger partial charge in [-0.2, -0.15) is 0 Å². The van der Waals surface area contributed by atoms with E-state index in [-0.39, 0.29) is 47.3 Å². The maximum atomic E-state index is 14.0. The monoisotopic (exact) mass is 513 g/mol. The van der Waals surface area contributed by atoms with Crippen molar-refractivity contribution in [3.05, 3.63) is 63.1 Å².